The van der Waals surface area contributed by atoms with Crippen molar-refractivity contribution in [3.8, 4) is 0 Å². The lowest BCUT2D eigenvalue weighted by molar-refractivity contribution is 0.481. The Bertz CT molecular complexity index is 544. The molecule has 1 fully saturated rings. The van der Waals surface area contributed by atoms with Crippen molar-refractivity contribution in [2.45, 2.75) is 38.5 Å². The van der Waals surface area contributed by atoms with E-state index in [0.717, 1.165) is 24.3 Å². The van der Waals surface area contributed by atoms with E-state index in [-0.39, 0.29) is 0 Å². The number of rotatable bonds is 3. The van der Waals surface area contributed by atoms with E-state index in [1.165, 1.54) is 30.3 Å². The van der Waals surface area contributed by atoms with Crippen LogP contribution in [0.1, 0.15) is 43.5 Å². The maximum Gasteiger partial charge on any atom is 0.110 e. The summed E-state index contributed by atoms with van der Waals surface area (Å²) in [5.74, 6) is 2.29. The fourth-order valence-corrected chi connectivity index (χ4v) is 3.15. The minimum Gasteiger partial charge on any atom is -0.342 e. The number of hydrogen-bond acceptors (Lipinski definition) is 2. The van der Waals surface area contributed by atoms with Gasteiger partial charge in [0.05, 0.1) is 11.0 Å². The van der Waals surface area contributed by atoms with Gasteiger partial charge in [0.1, 0.15) is 5.82 Å². The molecule has 1 aromatic heterocycles. The Morgan fingerprint density at radius 3 is 3.06 bits per heavy atom. The molecular weight excluding hydrogens is 222 g/mol. The first-order valence-corrected chi connectivity index (χ1v) is 7.00. The highest BCUT2D eigenvalue weighted by Crippen LogP contribution is 2.38. The lowest BCUT2D eigenvalue weighted by Gasteiger charge is -2.14. The summed E-state index contributed by atoms with van der Waals surface area (Å²) in [5, 5.41) is 0. The van der Waals surface area contributed by atoms with Crippen molar-refractivity contribution < 1.29 is 0 Å². The van der Waals surface area contributed by atoms with Gasteiger partial charge in [-0.2, -0.15) is 0 Å². The molecule has 18 heavy (non-hydrogen) atoms. The Labute approximate surface area is 108 Å². The van der Waals surface area contributed by atoms with Crippen molar-refractivity contribution in [1.29, 1.82) is 0 Å². The first-order chi connectivity index (χ1) is 8.81. The summed E-state index contributed by atoms with van der Waals surface area (Å²) >= 11 is 0. The smallest absolute Gasteiger partial charge is 0.110 e. The van der Waals surface area contributed by atoms with Crippen LogP contribution in [0.4, 0.5) is 0 Å². The molecule has 2 unspecified atom stereocenters. The van der Waals surface area contributed by atoms with Gasteiger partial charge in [0, 0.05) is 5.92 Å². The van der Waals surface area contributed by atoms with Crippen molar-refractivity contribution in [2.75, 3.05) is 6.54 Å². The lowest BCUT2D eigenvalue weighted by Crippen LogP contribution is -2.17. The summed E-state index contributed by atoms with van der Waals surface area (Å²) in [6.07, 6.45) is 4.82. The molecule has 1 saturated carbocycles. The molecule has 1 aliphatic rings. The van der Waals surface area contributed by atoms with E-state index in [1.54, 1.807) is 0 Å². The highest BCUT2D eigenvalue weighted by molar-refractivity contribution is 5.76. The fourth-order valence-electron chi connectivity index (χ4n) is 3.15. The number of nitrogens with zero attached hydrogens (tertiary/aromatic N) is 1. The van der Waals surface area contributed by atoms with E-state index in [0.29, 0.717) is 11.8 Å². The first kappa shape index (κ1) is 11.7. The molecule has 0 bridgehead atoms. The van der Waals surface area contributed by atoms with Crippen molar-refractivity contribution in [3.05, 3.63) is 29.6 Å². The zero-order chi connectivity index (χ0) is 12.5. The third kappa shape index (κ3) is 1.93. The van der Waals surface area contributed by atoms with Gasteiger partial charge in [0.15, 0.2) is 0 Å². The Balaban J connectivity index is 1.97. The normalized spacial score (nSPS) is 23.9. The molecule has 0 aliphatic heterocycles. The summed E-state index contributed by atoms with van der Waals surface area (Å²) < 4.78 is 0. The van der Waals surface area contributed by atoms with Crippen LogP contribution in [0.3, 0.4) is 0 Å². The maximum atomic E-state index is 5.86. The molecule has 3 heteroatoms. The average molecular weight is 243 g/mol. The van der Waals surface area contributed by atoms with E-state index in [9.17, 15) is 0 Å². The van der Waals surface area contributed by atoms with E-state index in [2.05, 4.69) is 30.1 Å². The molecule has 0 amide bonds. The molecule has 0 spiro atoms. The summed E-state index contributed by atoms with van der Waals surface area (Å²) in [6, 6.07) is 6.51. The number of aryl methyl sites for hydroxylation is 1. The number of aromatic nitrogens is 2. The maximum absolute atomic E-state index is 5.86. The van der Waals surface area contributed by atoms with Crippen LogP contribution in [-0.4, -0.2) is 16.5 Å². The molecule has 2 atom stereocenters. The number of hydrogen-bond donors (Lipinski definition) is 2. The molecule has 3 N–H and O–H groups in total. The van der Waals surface area contributed by atoms with Gasteiger partial charge in [-0.15, -0.1) is 0 Å². The van der Waals surface area contributed by atoms with Crippen LogP contribution in [0.5, 0.6) is 0 Å². The molecule has 0 saturated heterocycles. The van der Waals surface area contributed by atoms with Gasteiger partial charge in [0.25, 0.3) is 0 Å². The van der Waals surface area contributed by atoms with E-state index in [1.807, 2.05) is 0 Å². The summed E-state index contributed by atoms with van der Waals surface area (Å²) in [5.41, 5.74) is 9.48. The average Bonchev–Trinajstić information content (AvgIpc) is 3.03. The number of nitrogens with one attached hydrogen (secondary N) is 1. The highest BCUT2D eigenvalue weighted by Gasteiger charge is 2.29. The summed E-state index contributed by atoms with van der Waals surface area (Å²) in [4.78, 5) is 8.27. The zero-order valence-electron chi connectivity index (χ0n) is 10.9. The zero-order valence-corrected chi connectivity index (χ0v) is 10.9. The standard InChI is InChI=1S/C15H21N3/c1-2-10-6-7-13-14(8-10)18-15(17-13)12-5-3-4-11(12)9-16/h6-8,11-12H,2-5,9,16H2,1H3,(H,17,18). The predicted molar refractivity (Wildman–Crippen MR) is 74.6 cm³/mol. The quantitative estimate of drug-likeness (QED) is 0.870. The van der Waals surface area contributed by atoms with Crippen molar-refractivity contribution in [2.24, 2.45) is 11.7 Å². The molecule has 1 aliphatic carbocycles. The summed E-state index contributed by atoms with van der Waals surface area (Å²) in [7, 11) is 0. The fraction of sp³-hybridized carbons (Fsp3) is 0.533. The molecule has 3 rings (SSSR count). The number of imidazole rings is 1. The molecule has 0 radical (unpaired) electrons. The predicted octanol–water partition coefficient (Wildman–Crippen LogP) is 2.97. The van der Waals surface area contributed by atoms with Crippen LogP contribution in [0, 0.1) is 5.92 Å². The second-order valence-electron chi connectivity index (χ2n) is 5.36. The Hall–Kier alpha value is -1.35. The number of aromatic amines is 1. The Morgan fingerprint density at radius 1 is 1.39 bits per heavy atom. The van der Waals surface area contributed by atoms with Gasteiger partial charge < -0.3 is 10.7 Å². The molecular formula is C15H21N3. The molecule has 2 aromatic rings. The van der Waals surface area contributed by atoms with Gasteiger partial charge in [-0.05, 0) is 49.4 Å². The van der Waals surface area contributed by atoms with Gasteiger partial charge >= 0.3 is 0 Å². The SMILES string of the molecule is CCc1ccc2nc(C3CCCC3CN)[nH]c2c1. The third-order valence-corrected chi connectivity index (χ3v) is 4.29. The van der Waals surface area contributed by atoms with Gasteiger partial charge in [-0.25, -0.2) is 4.98 Å². The minimum absolute atomic E-state index is 0.535. The van der Waals surface area contributed by atoms with Crippen LogP contribution in [0.2, 0.25) is 0 Å². The second kappa shape index (κ2) is 4.73. The van der Waals surface area contributed by atoms with Crippen molar-refractivity contribution in [3.63, 3.8) is 0 Å². The van der Waals surface area contributed by atoms with Crippen LogP contribution >= 0.6 is 0 Å². The lowest BCUT2D eigenvalue weighted by atomic mass is 9.96. The number of nitrogens with two attached hydrogens (primary N) is 1. The van der Waals surface area contributed by atoms with Crippen LogP contribution in [0.15, 0.2) is 18.2 Å². The number of H-pyrrole nitrogens is 1. The number of fused-ring (bicyclic) bond motifs is 1. The van der Waals surface area contributed by atoms with E-state index >= 15 is 0 Å². The van der Waals surface area contributed by atoms with Crippen LogP contribution in [-0.2, 0) is 6.42 Å². The molecule has 1 heterocycles. The third-order valence-electron chi connectivity index (χ3n) is 4.29. The molecule has 96 valence electrons. The van der Waals surface area contributed by atoms with Crippen LogP contribution < -0.4 is 5.73 Å². The largest absolute Gasteiger partial charge is 0.342 e. The van der Waals surface area contributed by atoms with Gasteiger partial charge in [0.2, 0.25) is 0 Å². The first-order valence-electron chi connectivity index (χ1n) is 7.00. The summed E-state index contributed by atoms with van der Waals surface area (Å²) in [6.45, 7) is 2.96. The minimum atomic E-state index is 0.535. The van der Waals surface area contributed by atoms with Crippen molar-refractivity contribution in [1.82, 2.24) is 9.97 Å². The molecule has 3 nitrogen and oxygen atoms in total. The number of benzene rings is 1. The van der Waals surface area contributed by atoms with Crippen molar-refractivity contribution >= 4 is 11.0 Å². The van der Waals surface area contributed by atoms with Gasteiger partial charge in [-0.1, -0.05) is 19.4 Å². The monoisotopic (exact) mass is 243 g/mol. The molecule has 1 aromatic carbocycles. The Morgan fingerprint density at radius 2 is 2.28 bits per heavy atom. The second-order valence-corrected chi connectivity index (χ2v) is 5.36. The van der Waals surface area contributed by atoms with Crippen LogP contribution in [0.25, 0.3) is 11.0 Å². The van der Waals surface area contributed by atoms with E-state index < -0.39 is 0 Å². The highest BCUT2D eigenvalue weighted by atomic mass is 14.9. The van der Waals surface area contributed by atoms with E-state index in [4.69, 9.17) is 10.7 Å². The Kier molecular flexibility index (Phi) is 3.08. The topological polar surface area (TPSA) is 54.7 Å². The van der Waals surface area contributed by atoms with Gasteiger partial charge in [-0.3, -0.25) is 0 Å².